The van der Waals surface area contributed by atoms with Crippen LogP contribution in [0.4, 0.5) is 5.82 Å². The number of aliphatic hydroxyl groups excluding tert-OH is 1. The number of guanidine groups is 1. The lowest BCUT2D eigenvalue weighted by atomic mass is 9.67. The molecule has 5 fully saturated rings. The summed E-state index contributed by atoms with van der Waals surface area (Å²) in [6.07, 6.45) is -2.16. The van der Waals surface area contributed by atoms with Gasteiger partial charge < -0.3 is 36.0 Å². The van der Waals surface area contributed by atoms with Gasteiger partial charge in [0.2, 0.25) is 0 Å². The number of nitrogens with zero attached hydrogens (tertiary/aromatic N) is 6. The number of nitrogen functional groups attached to an aromatic ring is 1. The Bertz CT molecular complexity index is 1850. The van der Waals surface area contributed by atoms with Crippen molar-refractivity contribution in [3.8, 4) is 0 Å². The normalized spacial score (nSPS) is 49.1. The molecule has 2 spiro atoms. The minimum Gasteiger partial charge on any atom is -0.388 e. The molecule has 20 nitrogen and oxygen atoms in total. The molecule has 0 aromatic carbocycles. The van der Waals surface area contributed by atoms with E-state index < -0.39 is 94.4 Å². The molecule has 4 aliphatic heterocycles. The maximum Gasteiger partial charge on any atom is 0.472 e. The molecule has 2 aromatic heterocycles. The SMILES string of the molecule is NC1=NC2C(N=CN2[C@@H]2[C@H]3CC45COP(=O)(O)O[C@H]6C[C@H](c7snc8c(N)ncnc78)O[C@@H]6COP(=O)(O)O[C@@]4([C@H]2O)[C@@H]35)C(=O)N1. The van der Waals surface area contributed by atoms with Crippen molar-refractivity contribution in [3.05, 3.63) is 11.2 Å². The largest absolute Gasteiger partial charge is 0.472 e. The first-order chi connectivity index (χ1) is 21.8. The van der Waals surface area contributed by atoms with Crippen LogP contribution in [-0.4, -0.2) is 108 Å². The monoisotopic (exact) mass is 699 g/mol. The summed E-state index contributed by atoms with van der Waals surface area (Å²) in [7, 11) is -9.62. The number of phosphoric acid groups is 2. The van der Waals surface area contributed by atoms with Gasteiger partial charge in [0.05, 0.1) is 36.6 Å². The number of ether oxygens (including phenoxy) is 1. The Morgan fingerprint density at radius 1 is 1.13 bits per heavy atom. The molecule has 0 bridgehead atoms. The van der Waals surface area contributed by atoms with E-state index in [1.807, 2.05) is 0 Å². The summed E-state index contributed by atoms with van der Waals surface area (Å²) in [4.78, 5) is 53.1. The lowest BCUT2D eigenvalue weighted by Crippen LogP contribution is -2.62. The van der Waals surface area contributed by atoms with Gasteiger partial charge in [0.1, 0.15) is 41.3 Å². The molecule has 7 aliphatic rings. The summed E-state index contributed by atoms with van der Waals surface area (Å²) in [6.45, 7) is -0.970. The topological polar surface area (TPSA) is 289 Å². The fourth-order valence-corrected chi connectivity index (χ4v) is 11.6. The van der Waals surface area contributed by atoms with Crippen molar-refractivity contribution in [2.75, 3.05) is 18.9 Å². The van der Waals surface area contributed by atoms with Crippen molar-refractivity contribution in [1.29, 1.82) is 0 Å². The second kappa shape index (κ2) is 9.48. The predicted octanol–water partition coefficient (Wildman–Crippen LogP) is -1.25. The van der Waals surface area contributed by atoms with Crippen molar-refractivity contribution in [2.24, 2.45) is 33.0 Å². The van der Waals surface area contributed by atoms with Crippen molar-refractivity contribution in [2.45, 2.75) is 61.1 Å². The van der Waals surface area contributed by atoms with Crippen LogP contribution in [0.2, 0.25) is 0 Å². The zero-order chi connectivity index (χ0) is 32.0. The third kappa shape index (κ3) is 3.90. The number of phosphoric ester groups is 2. The number of aliphatic hydroxyl groups is 1. The van der Waals surface area contributed by atoms with Gasteiger partial charge >= 0.3 is 15.6 Å². The molecule has 246 valence electrons. The molecular formula is C23H27N9O11P2S. The summed E-state index contributed by atoms with van der Waals surface area (Å²) in [6, 6.07) is -1.62. The van der Waals surface area contributed by atoms with Crippen LogP contribution in [0.1, 0.15) is 23.8 Å². The number of anilines is 1. The zero-order valence-electron chi connectivity index (χ0n) is 23.4. The first-order valence-corrected chi connectivity index (χ1v) is 18.1. The second-order valence-electron chi connectivity index (χ2n) is 12.4. The molecule has 2 saturated heterocycles. The van der Waals surface area contributed by atoms with E-state index in [0.29, 0.717) is 22.3 Å². The van der Waals surface area contributed by atoms with Crippen molar-refractivity contribution < 1.29 is 51.6 Å². The summed E-state index contributed by atoms with van der Waals surface area (Å²) >= 11 is 1.06. The van der Waals surface area contributed by atoms with Gasteiger partial charge in [-0.2, -0.15) is 4.37 Å². The first kappa shape index (κ1) is 29.5. The highest BCUT2D eigenvalue weighted by molar-refractivity contribution is 7.47. The fraction of sp³-hybridized carbons (Fsp3) is 0.652. The molecule has 5 unspecified atom stereocenters. The van der Waals surface area contributed by atoms with Crippen LogP contribution in [0.3, 0.4) is 0 Å². The van der Waals surface area contributed by atoms with E-state index in [1.165, 1.54) is 12.7 Å². The van der Waals surface area contributed by atoms with E-state index in [4.69, 9.17) is 34.3 Å². The zero-order valence-corrected chi connectivity index (χ0v) is 26.0. The number of amides is 1. The lowest BCUT2D eigenvalue weighted by Gasteiger charge is -2.48. The van der Waals surface area contributed by atoms with E-state index in [2.05, 4.69) is 29.6 Å². The van der Waals surface area contributed by atoms with Gasteiger partial charge in [0.25, 0.3) is 5.91 Å². The van der Waals surface area contributed by atoms with Gasteiger partial charge in [-0.15, -0.1) is 0 Å². The molecule has 8 N–H and O–H groups in total. The van der Waals surface area contributed by atoms with Crippen molar-refractivity contribution in [3.63, 3.8) is 0 Å². The molecule has 0 radical (unpaired) electrons. The summed E-state index contributed by atoms with van der Waals surface area (Å²) in [5.74, 6) is -1.26. The number of carbonyl (C=O) groups excluding carboxylic acids is 1. The van der Waals surface area contributed by atoms with E-state index in [-0.39, 0.29) is 24.1 Å². The van der Waals surface area contributed by atoms with Gasteiger partial charge in [-0.05, 0) is 23.9 Å². The lowest BCUT2D eigenvalue weighted by molar-refractivity contribution is -0.124. The minimum absolute atomic E-state index is 0.0461. The molecule has 1 amide bonds. The highest BCUT2D eigenvalue weighted by Crippen LogP contribution is 2.88. The molecule has 46 heavy (non-hydrogen) atoms. The van der Waals surface area contributed by atoms with Crippen LogP contribution in [-0.2, 0) is 36.8 Å². The van der Waals surface area contributed by atoms with E-state index in [9.17, 15) is 28.8 Å². The number of nitrogens with two attached hydrogens (primary N) is 2. The predicted molar refractivity (Wildman–Crippen MR) is 154 cm³/mol. The van der Waals surface area contributed by atoms with Gasteiger partial charge in [-0.3, -0.25) is 33.2 Å². The third-order valence-corrected chi connectivity index (χ3v) is 13.2. The second-order valence-corrected chi connectivity index (χ2v) is 16.0. The maximum absolute atomic E-state index is 13.5. The van der Waals surface area contributed by atoms with Gasteiger partial charge in [0, 0.05) is 17.8 Å². The van der Waals surface area contributed by atoms with Gasteiger partial charge in [-0.25, -0.2) is 24.1 Å². The summed E-state index contributed by atoms with van der Waals surface area (Å²) in [5, 5.41) is 14.2. The van der Waals surface area contributed by atoms with Crippen LogP contribution in [0.5, 0.6) is 0 Å². The number of hydrogen-bond donors (Lipinski definition) is 6. The third-order valence-electron chi connectivity index (χ3n) is 10.3. The number of nitrogens with one attached hydrogen (secondary N) is 1. The number of aromatic nitrogens is 3. The molecule has 6 heterocycles. The van der Waals surface area contributed by atoms with Crippen LogP contribution >= 0.6 is 27.2 Å². The molecule has 13 atom stereocenters. The number of aliphatic imine (C=N–C) groups is 2. The van der Waals surface area contributed by atoms with Gasteiger partial charge in [-0.1, -0.05) is 0 Å². The Labute approximate surface area is 262 Å². The van der Waals surface area contributed by atoms with Crippen LogP contribution in [0.15, 0.2) is 16.3 Å². The van der Waals surface area contributed by atoms with Crippen LogP contribution in [0, 0.1) is 17.3 Å². The minimum atomic E-state index is -4.89. The number of carbonyl (C=O) groups is 1. The van der Waals surface area contributed by atoms with E-state index in [0.717, 1.165) is 11.5 Å². The molecule has 3 aliphatic carbocycles. The maximum atomic E-state index is 13.5. The van der Waals surface area contributed by atoms with Crippen molar-refractivity contribution >= 4 is 62.2 Å². The highest BCUT2D eigenvalue weighted by Gasteiger charge is 2.96. The Balaban J connectivity index is 0.995. The Kier molecular flexibility index (Phi) is 6.07. The first-order valence-electron chi connectivity index (χ1n) is 14.3. The molecule has 3 saturated carbocycles. The quantitative estimate of drug-likeness (QED) is 0.200. The molecular weight excluding hydrogens is 672 g/mol. The number of hydrogen-bond acceptors (Lipinski definition) is 18. The van der Waals surface area contributed by atoms with E-state index in [1.54, 1.807) is 4.90 Å². The average Bonchev–Trinajstić information content (AvgIpc) is 3.57. The summed E-state index contributed by atoms with van der Waals surface area (Å²) < 4.78 is 59.5. The average molecular weight is 700 g/mol. The summed E-state index contributed by atoms with van der Waals surface area (Å²) in [5.41, 5.74) is 9.75. The highest BCUT2D eigenvalue weighted by atomic mass is 32.1. The molecule has 2 aromatic rings. The standard InChI is InChI=1S/C23H27N9O11P2S/c24-18-12-11(26-5-27-18)15(46-31-12)9-1-8-10(41-9)3-39-45(37,38)43-23-16-7(2-22(16,23)4-40-44(35,36)42-8)14(17(23)33)32-6-28-13-19(32)29-21(25)30-20(13)34/h5-10,13-14,16-17,19,33H,1-4H2,(H,35,36)(H,37,38)(H2,24,26,27)(H3,25,29,30,34)/t7-,8+,9-,10-,13?,14-,16+,17+,19?,22?,23-/m1/s1. The van der Waals surface area contributed by atoms with Crippen LogP contribution < -0.4 is 16.8 Å². The Morgan fingerprint density at radius 3 is 2.78 bits per heavy atom. The van der Waals surface area contributed by atoms with Gasteiger partial charge in [0.15, 0.2) is 24.0 Å². The molecule has 23 heteroatoms. The fourth-order valence-electron chi connectivity index (χ4n) is 8.51. The Morgan fingerprint density at radius 2 is 1.96 bits per heavy atom. The van der Waals surface area contributed by atoms with Crippen molar-refractivity contribution in [1.82, 2.24) is 24.6 Å². The molecule has 9 rings (SSSR count). The smallest absolute Gasteiger partial charge is 0.388 e. The van der Waals surface area contributed by atoms with E-state index >= 15 is 0 Å². The number of fused-ring (bicyclic) bond motifs is 3. The number of rotatable bonds is 2. The van der Waals surface area contributed by atoms with Crippen LogP contribution in [0.25, 0.3) is 11.0 Å². The Hall–Kier alpha value is -2.68.